The molecule has 144 valence electrons. The van der Waals surface area contributed by atoms with Crippen molar-refractivity contribution >= 4 is 23.4 Å². The van der Waals surface area contributed by atoms with Crippen LogP contribution in [-0.2, 0) is 27.2 Å². The van der Waals surface area contributed by atoms with Gasteiger partial charge in [0.2, 0.25) is 17.7 Å². The fourth-order valence-corrected chi connectivity index (χ4v) is 3.48. The summed E-state index contributed by atoms with van der Waals surface area (Å²) in [7, 11) is 0. The minimum atomic E-state index is -0.714. The largest absolute Gasteiger partial charge is 0.368 e. The first-order valence-corrected chi connectivity index (χ1v) is 9.18. The lowest BCUT2D eigenvalue weighted by atomic mass is 9.91. The van der Waals surface area contributed by atoms with E-state index in [2.05, 4.69) is 11.9 Å². The Morgan fingerprint density at radius 3 is 2.54 bits per heavy atom. The molecule has 28 heavy (non-hydrogen) atoms. The SMILES string of the molecule is C=CC(=O)Nc1ccc(CCC(=O)N2CCc3ccccc3C2C(N)=O)cc1. The van der Waals surface area contributed by atoms with Crippen molar-refractivity contribution in [2.45, 2.75) is 25.3 Å². The number of carbonyl (C=O) groups excluding carboxylic acids is 3. The molecule has 6 nitrogen and oxygen atoms in total. The van der Waals surface area contributed by atoms with Gasteiger partial charge in [-0.3, -0.25) is 14.4 Å². The monoisotopic (exact) mass is 377 g/mol. The lowest BCUT2D eigenvalue weighted by Crippen LogP contribution is -2.45. The number of fused-ring (bicyclic) bond motifs is 1. The molecule has 0 saturated carbocycles. The molecular weight excluding hydrogens is 354 g/mol. The van der Waals surface area contributed by atoms with Crippen LogP contribution >= 0.6 is 0 Å². The van der Waals surface area contributed by atoms with Crippen LogP contribution in [0.3, 0.4) is 0 Å². The number of anilines is 1. The molecule has 3 rings (SSSR count). The molecule has 6 heteroatoms. The molecule has 0 aliphatic carbocycles. The van der Waals surface area contributed by atoms with Crippen molar-refractivity contribution in [2.75, 3.05) is 11.9 Å². The summed E-state index contributed by atoms with van der Waals surface area (Å²) in [6, 6.07) is 14.2. The summed E-state index contributed by atoms with van der Waals surface area (Å²) in [5.74, 6) is -0.879. The lowest BCUT2D eigenvalue weighted by molar-refractivity contribution is -0.140. The van der Waals surface area contributed by atoms with Gasteiger partial charge in [-0.05, 0) is 47.7 Å². The number of carbonyl (C=O) groups is 3. The minimum absolute atomic E-state index is 0.0951. The Kier molecular flexibility index (Phi) is 5.89. The average molecular weight is 377 g/mol. The van der Waals surface area contributed by atoms with E-state index in [9.17, 15) is 14.4 Å². The van der Waals surface area contributed by atoms with Gasteiger partial charge in [-0.2, -0.15) is 0 Å². The van der Waals surface area contributed by atoms with Crippen LogP contribution < -0.4 is 11.1 Å². The van der Waals surface area contributed by atoms with Gasteiger partial charge in [0.15, 0.2) is 0 Å². The van der Waals surface area contributed by atoms with Crippen LogP contribution in [0.2, 0.25) is 0 Å². The molecule has 2 aromatic carbocycles. The molecule has 3 amide bonds. The van der Waals surface area contributed by atoms with Gasteiger partial charge in [0.1, 0.15) is 6.04 Å². The first kappa shape index (κ1) is 19.4. The molecule has 1 aliphatic heterocycles. The standard InChI is InChI=1S/C22H23N3O3/c1-2-19(26)24-17-10-7-15(8-11-17)9-12-20(27)25-14-13-16-5-3-4-6-18(16)21(25)22(23)28/h2-8,10-11,21H,1,9,12-14H2,(H2,23,28)(H,24,26). The normalized spacial score (nSPS) is 15.4. The zero-order valence-corrected chi connectivity index (χ0v) is 15.6. The fraction of sp³-hybridized carbons (Fsp3) is 0.227. The maximum absolute atomic E-state index is 12.8. The van der Waals surface area contributed by atoms with Crippen molar-refractivity contribution in [3.05, 3.63) is 77.9 Å². The Balaban J connectivity index is 1.65. The van der Waals surface area contributed by atoms with Gasteiger partial charge in [-0.15, -0.1) is 0 Å². The van der Waals surface area contributed by atoms with E-state index in [1.807, 2.05) is 36.4 Å². The molecule has 1 atom stereocenters. The van der Waals surface area contributed by atoms with Gasteiger partial charge < -0.3 is 16.0 Å². The Morgan fingerprint density at radius 1 is 1.14 bits per heavy atom. The minimum Gasteiger partial charge on any atom is -0.368 e. The molecule has 0 spiro atoms. The van der Waals surface area contributed by atoms with Crippen LogP contribution in [0.1, 0.15) is 29.2 Å². The smallest absolute Gasteiger partial charge is 0.247 e. The van der Waals surface area contributed by atoms with E-state index < -0.39 is 11.9 Å². The van der Waals surface area contributed by atoms with Crippen LogP contribution in [0, 0.1) is 0 Å². The van der Waals surface area contributed by atoms with Crippen LogP contribution in [0.5, 0.6) is 0 Å². The summed E-state index contributed by atoms with van der Waals surface area (Å²) in [5, 5.41) is 2.68. The topological polar surface area (TPSA) is 92.5 Å². The third-order valence-corrected chi connectivity index (χ3v) is 4.91. The van der Waals surface area contributed by atoms with Crippen molar-refractivity contribution in [3.8, 4) is 0 Å². The van der Waals surface area contributed by atoms with Crippen LogP contribution in [0.15, 0.2) is 61.2 Å². The number of nitrogens with two attached hydrogens (primary N) is 1. The number of aryl methyl sites for hydroxylation is 1. The number of primary amides is 1. The van der Waals surface area contributed by atoms with Gasteiger partial charge in [0.05, 0.1) is 0 Å². The molecule has 3 N–H and O–H groups in total. The van der Waals surface area contributed by atoms with E-state index in [1.165, 1.54) is 6.08 Å². The summed E-state index contributed by atoms with van der Waals surface area (Å²) in [4.78, 5) is 37.7. The molecule has 0 aromatic heterocycles. The zero-order valence-electron chi connectivity index (χ0n) is 15.6. The Bertz CT molecular complexity index is 905. The predicted octanol–water partition coefficient (Wildman–Crippen LogP) is 2.36. The Labute approximate surface area is 164 Å². The molecular formula is C22H23N3O3. The average Bonchev–Trinajstić information content (AvgIpc) is 2.71. The predicted molar refractivity (Wildman–Crippen MR) is 107 cm³/mol. The van der Waals surface area contributed by atoms with Gasteiger partial charge in [-0.25, -0.2) is 0 Å². The highest BCUT2D eigenvalue weighted by Gasteiger charge is 2.34. The van der Waals surface area contributed by atoms with Gasteiger partial charge in [0.25, 0.3) is 0 Å². The van der Waals surface area contributed by atoms with E-state index in [4.69, 9.17) is 5.73 Å². The van der Waals surface area contributed by atoms with Crippen molar-refractivity contribution < 1.29 is 14.4 Å². The number of rotatable bonds is 6. The highest BCUT2D eigenvalue weighted by molar-refractivity contribution is 5.98. The second-order valence-electron chi connectivity index (χ2n) is 6.73. The highest BCUT2D eigenvalue weighted by Crippen LogP contribution is 2.30. The Hall–Kier alpha value is -3.41. The first-order valence-electron chi connectivity index (χ1n) is 9.18. The summed E-state index contributed by atoms with van der Waals surface area (Å²) in [6.45, 7) is 3.90. The van der Waals surface area contributed by atoms with E-state index >= 15 is 0 Å². The van der Waals surface area contributed by atoms with E-state index in [0.717, 1.165) is 16.7 Å². The van der Waals surface area contributed by atoms with Gasteiger partial charge in [0, 0.05) is 18.7 Å². The molecule has 0 bridgehead atoms. The quantitative estimate of drug-likeness (QED) is 0.757. The Morgan fingerprint density at radius 2 is 1.86 bits per heavy atom. The molecule has 1 unspecified atom stereocenters. The number of hydrogen-bond acceptors (Lipinski definition) is 3. The summed E-state index contributed by atoms with van der Waals surface area (Å²) in [6.07, 6.45) is 2.74. The highest BCUT2D eigenvalue weighted by atomic mass is 16.2. The summed E-state index contributed by atoms with van der Waals surface area (Å²) in [5.41, 5.74) is 9.13. The van der Waals surface area contributed by atoms with Gasteiger partial charge >= 0.3 is 0 Å². The molecule has 0 saturated heterocycles. The second-order valence-corrected chi connectivity index (χ2v) is 6.73. The van der Waals surface area contributed by atoms with Crippen molar-refractivity contribution in [1.29, 1.82) is 0 Å². The second kappa shape index (κ2) is 8.52. The van der Waals surface area contributed by atoms with Crippen LogP contribution in [-0.4, -0.2) is 29.2 Å². The number of amides is 3. The number of nitrogens with zero attached hydrogens (tertiary/aromatic N) is 1. The van der Waals surface area contributed by atoms with Gasteiger partial charge in [-0.1, -0.05) is 43.0 Å². The summed E-state index contributed by atoms with van der Waals surface area (Å²) >= 11 is 0. The summed E-state index contributed by atoms with van der Waals surface area (Å²) < 4.78 is 0. The van der Waals surface area contributed by atoms with Crippen LogP contribution in [0.25, 0.3) is 0 Å². The van der Waals surface area contributed by atoms with E-state index in [-0.39, 0.29) is 18.2 Å². The van der Waals surface area contributed by atoms with Crippen molar-refractivity contribution in [2.24, 2.45) is 5.73 Å². The van der Waals surface area contributed by atoms with E-state index in [0.29, 0.717) is 25.1 Å². The van der Waals surface area contributed by atoms with E-state index in [1.54, 1.807) is 17.0 Å². The van der Waals surface area contributed by atoms with Crippen molar-refractivity contribution in [1.82, 2.24) is 4.90 Å². The molecule has 0 fully saturated rings. The third kappa shape index (κ3) is 4.28. The molecule has 1 heterocycles. The maximum Gasteiger partial charge on any atom is 0.247 e. The molecule has 0 radical (unpaired) electrons. The molecule has 2 aromatic rings. The number of nitrogens with one attached hydrogen (secondary N) is 1. The third-order valence-electron chi connectivity index (χ3n) is 4.91. The van der Waals surface area contributed by atoms with Crippen molar-refractivity contribution in [3.63, 3.8) is 0 Å². The zero-order chi connectivity index (χ0) is 20.1. The number of benzene rings is 2. The lowest BCUT2D eigenvalue weighted by Gasteiger charge is -2.35. The molecule has 1 aliphatic rings. The maximum atomic E-state index is 12.8. The fourth-order valence-electron chi connectivity index (χ4n) is 3.48. The van der Waals surface area contributed by atoms with Crippen LogP contribution in [0.4, 0.5) is 5.69 Å². The first-order chi connectivity index (χ1) is 13.5. The number of hydrogen-bond donors (Lipinski definition) is 2.